The van der Waals surface area contributed by atoms with Gasteiger partial charge in [-0.05, 0) is 49.8 Å². The number of carboxylic acid groups (broad SMARTS) is 1. The summed E-state index contributed by atoms with van der Waals surface area (Å²) in [4.78, 5) is 12.4. The molecular weight excluding hydrogens is 368 g/mol. The minimum Gasteiger partial charge on any atom is -0.477 e. The quantitative estimate of drug-likeness (QED) is 0.585. The van der Waals surface area contributed by atoms with Crippen molar-refractivity contribution in [2.75, 3.05) is 12.4 Å². The molecular formula is C16H21BrO4S. The zero-order valence-electron chi connectivity index (χ0n) is 12.8. The summed E-state index contributed by atoms with van der Waals surface area (Å²) >= 11 is 5.25. The smallest absolute Gasteiger partial charge is 0.364 e. The Labute approximate surface area is 143 Å². The van der Waals surface area contributed by atoms with Crippen LogP contribution in [0.4, 0.5) is 0 Å². The lowest BCUT2D eigenvalue weighted by Crippen LogP contribution is -2.51. The van der Waals surface area contributed by atoms with Crippen LogP contribution in [0, 0.1) is 5.92 Å². The van der Waals surface area contributed by atoms with E-state index in [0.717, 1.165) is 23.1 Å². The Balaban J connectivity index is 1.72. The van der Waals surface area contributed by atoms with Gasteiger partial charge in [0.2, 0.25) is 0 Å². The molecule has 22 heavy (non-hydrogen) atoms. The fourth-order valence-corrected chi connectivity index (χ4v) is 3.52. The summed E-state index contributed by atoms with van der Waals surface area (Å²) in [5.74, 6) is -1.29. The minimum absolute atomic E-state index is 0.104. The lowest BCUT2D eigenvalue weighted by molar-refractivity contribution is -0.292. The zero-order valence-corrected chi connectivity index (χ0v) is 15.2. The Morgan fingerprint density at radius 1 is 1.45 bits per heavy atom. The first-order valence-electron chi connectivity index (χ1n) is 7.34. The summed E-state index contributed by atoms with van der Waals surface area (Å²) in [7, 11) is 0. The normalized spacial score (nSPS) is 28.5. The van der Waals surface area contributed by atoms with Crippen LogP contribution in [0.3, 0.4) is 0 Å². The third-order valence-corrected chi connectivity index (χ3v) is 5.46. The summed E-state index contributed by atoms with van der Waals surface area (Å²) in [5, 5.41) is 9.10. The van der Waals surface area contributed by atoms with Crippen molar-refractivity contribution >= 4 is 33.7 Å². The molecule has 122 valence electrons. The highest BCUT2D eigenvalue weighted by molar-refractivity contribution is 9.10. The third-order valence-electron chi connectivity index (χ3n) is 3.84. The summed E-state index contributed by atoms with van der Waals surface area (Å²) in [6.45, 7) is 3.83. The predicted octanol–water partition coefficient (Wildman–Crippen LogP) is 4.17. The molecule has 0 aliphatic carbocycles. The fourth-order valence-electron chi connectivity index (χ4n) is 2.38. The van der Waals surface area contributed by atoms with Gasteiger partial charge in [0.1, 0.15) is 0 Å². The Morgan fingerprint density at radius 3 is 2.73 bits per heavy atom. The van der Waals surface area contributed by atoms with Gasteiger partial charge < -0.3 is 14.6 Å². The van der Waals surface area contributed by atoms with E-state index in [1.54, 1.807) is 0 Å². The average molecular weight is 389 g/mol. The molecule has 1 heterocycles. The second-order valence-electron chi connectivity index (χ2n) is 5.59. The lowest BCUT2D eigenvalue weighted by atomic mass is 9.97. The van der Waals surface area contributed by atoms with Crippen molar-refractivity contribution in [3.8, 4) is 0 Å². The number of rotatable bonds is 6. The maximum Gasteiger partial charge on any atom is 0.364 e. The highest BCUT2D eigenvalue weighted by atomic mass is 79.9. The van der Waals surface area contributed by atoms with E-state index < -0.39 is 11.8 Å². The molecule has 0 spiro atoms. The Hall–Kier alpha value is -0.560. The Kier molecular flexibility index (Phi) is 6.32. The van der Waals surface area contributed by atoms with Gasteiger partial charge in [-0.3, -0.25) is 0 Å². The van der Waals surface area contributed by atoms with Crippen molar-refractivity contribution in [2.24, 2.45) is 5.92 Å². The van der Waals surface area contributed by atoms with E-state index in [1.165, 1.54) is 11.8 Å². The first-order chi connectivity index (χ1) is 10.4. The van der Waals surface area contributed by atoms with Crippen LogP contribution in [0.1, 0.15) is 26.7 Å². The number of ether oxygens (including phenoxy) is 2. The molecule has 0 amide bonds. The van der Waals surface area contributed by atoms with E-state index >= 15 is 0 Å². The number of thioether (sulfide) groups is 1. The van der Waals surface area contributed by atoms with Gasteiger partial charge >= 0.3 is 5.97 Å². The van der Waals surface area contributed by atoms with Gasteiger partial charge in [-0.2, -0.15) is 0 Å². The van der Waals surface area contributed by atoms with E-state index in [2.05, 4.69) is 28.1 Å². The van der Waals surface area contributed by atoms with Crippen LogP contribution in [0.2, 0.25) is 0 Å². The van der Waals surface area contributed by atoms with Crippen molar-refractivity contribution in [3.05, 3.63) is 28.7 Å². The molecule has 0 radical (unpaired) electrons. The number of carboxylic acids is 1. The van der Waals surface area contributed by atoms with Crippen LogP contribution in [-0.2, 0) is 14.3 Å². The van der Waals surface area contributed by atoms with E-state index in [9.17, 15) is 4.79 Å². The number of halogens is 1. The largest absolute Gasteiger partial charge is 0.477 e. The van der Waals surface area contributed by atoms with Crippen molar-refractivity contribution < 1.29 is 19.4 Å². The van der Waals surface area contributed by atoms with Gasteiger partial charge in [0, 0.05) is 22.2 Å². The van der Waals surface area contributed by atoms with E-state index in [0.29, 0.717) is 6.61 Å². The van der Waals surface area contributed by atoms with Gasteiger partial charge in [-0.15, -0.1) is 11.8 Å². The molecule has 6 heteroatoms. The molecule has 1 fully saturated rings. The van der Waals surface area contributed by atoms with Gasteiger partial charge in [-0.25, -0.2) is 4.79 Å². The minimum atomic E-state index is -1.50. The molecule has 1 aromatic rings. The van der Waals surface area contributed by atoms with E-state index in [4.69, 9.17) is 14.6 Å². The van der Waals surface area contributed by atoms with Gasteiger partial charge in [-0.1, -0.05) is 15.9 Å². The lowest BCUT2D eigenvalue weighted by Gasteiger charge is -2.39. The number of carbonyl (C=O) groups is 1. The maximum atomic E-state index is 11.1. The summed E-state index contributed by atoms with van der Waals surface area (Å²) in [6, 6.07) is 8.28. The molecule has 0 bridgehead atoms. The van der Waals surface area contributed by atoms with Crippen molar-refractivity contribution in [1.82, 2.24) is 0 Å². The number of hydrogen-bond donors (Lipinski definition) is 1. The van der Waals surface area contributed by atoms with Gasteiger partial charge in [0.25, 0.3) is 5.79 Å². The first-order valence-corrected chi connectivity index (χ1v) is 9.12. The van der Waals surface area contributed by atoms with Crippen LogP contribution in [0.25, 0.3) is 0 Å². The summed E-state index contributed by atoms with van der Waals surface area (Å²) in [5.41, 5.74) is 0. The van der Waals surface area contributed by atoms with Crippen LogP contribution in [0.15, 0.2) is 33.6 Å². The van der Waals surface area contributed by atoms with Crippen LogP contribution >= 0.6 is 27.7 Å². The van der Waals surface area contributed by atoms with Gasteiger partial charge in [0.15, 0.2) is 0 Å². The number of hydrogen-bond acceptors (Lipinski definition) is 4. The van der Waals surface area contributed by atoms with Crippen molar-refractivity contribution in [3.63, 3.8) is 0 Å². The first kappa shape index (κ1) is 17.8. The van der Waals surface area contributed by atoms with Crippen molar-refractivity contribution in [1.29, 1.82) is 0 Å². The van der Waals surface area contributed by atoms with E-state index in [-0.39, 0.29) is 12.0 Å². The standard InChI is InChI=1S/C16H21BrO4S/c1-11-12(10-20-16(2,21-11)15(18)19)4-3-9-22-14-7-5-13(17)6-8-14/h5-8,11-12H,3-4,9-10H2,1-2H3,(H,18,19). The SMILES string of the molecule is CC1OC(C)(C(=O)O)OCC1CCCSc1ccc(Br)cc1. The molecule has 0 saturated carbocycles. The van der Waals surface area contributed by atoms with E-state index in [1.807, 2.05) is 30.8 Å². The third kappa shape index (κ3) is 4.72. The molecule has 1 aliphatic heterocycles. The average Bonchev–Trinajstić information content (AvgIpc) is 2.47. The molecule has 4 nitrogen and oxygen atoms in total. The van der Waals surface area contributed by atoms with Crippen molar-refractivity contribution in [2.45, 2.75) is 43.5 Å². The highest BCUT2D eigenvalue weighted by Gasteiger charge is 2.43. The maximum absolute atomic E-state index is 11.1. The Morgan fingerprint density at radius 2 is 2.14 bits per heavy atom. The summed E-state index contributed by atoms with van der Waals surface area (Å²) in [6.07, 6.45) is 1.92. The molecule has 1 aromatic carbocycles. The highest BCUT2D eigenvalue weighted by Crippen LogP contribution is 2.30. The molecule has 1 aliphatic rings. The zero-order chi connectivity index (χ0) is 16.2. The monoisotopic (exact) mass is 388 g/mol. The van der Waals surface area contributed by atoms with Gasteiger partial charge in [0.05, 0.1) is 12.7 Å². The van der Waals surface area contributed by atoms with Crippen LogP contribution in [0.5, 0.6) is 0 Å². The molecule has 1 N–H and O–H groups in total. The fraction of sp³-hybridized carbons (Fsp3) is 0.562. The summed E-state index contributed by atoms with van der Waals surface area (Å²) < 4.78 is 12.0. The molecule has 3 unspecified atom stereocenters. The second kappa shape index (κ2) is 7.81. The number of benzene rings is 1. The Bertz CT molecular complexity index is 507. The topological polar surface area (TPSA) is 55.8 Å². The van der Waals surface area contributed by atoms with Crippen LogP contribution < -0.4 is 0 Å². The molecule has 1 saturated heterocycles. The number of aliphatic carboxylic acids is 1. The molecule has 3 atom stereocenters. The second-order valence-corrected chi connectivity index (χ2v) is 7.67. The molecule has 0 aromatic heterocycles. The van der Waals surface area contributed by atoms with Crippen LogP contribution in [-0.4, -0.2) is 35.3 Å². The predicted molar refractivity (Wildman–Crippen MR) is 90.1 cm³/mol. The molecule has 2 rings (SSSR count).